The van der Waals surface area contributed by atoms with E-state index in [1.165, 1.54) is 12.8 Å². The van der Waals surface area contributed by atoms with E-state index in [4.69, 9.17) is 0 Å². The molecule has 1 aliphatic carbocycles. The standard InChI is InChI=1S/C15H19F3N2O/c16-11-7-8-12(15(18)14(11)17)19-9-13(21)20-10-5-3-1-2-4-6-10/h7-8,10,19H,1-6,9H2,(H,20,21). The van der Waals surface area contributed by atoms with Crippen molar-refractivity contribution in [3.63, 3.8) is 0 Å². The first-order valence-electron chi connectivity index (χ1n) is 7.24. The third-order valence-corrected chi connectivity index (χ3v) is 3.69. The third-order valence-electron chi connectivity index (χ3n) is 3.69. The van der Waals surface area contributed by atoms with Crippen LogP contribution in [-0.2, 0) is 4.79 Å². The second-order valence-electron chi connectivity index (χ2n) is 5.33. The number of anilines is 1. The van der Waals surface area contributed by atoms with Crippen molar-refractivity contribution in [1.82, 2.24) is 5.32 Å². The lowest BCUT2D eigenvalue weighted by Crippen LogP contribution is -2.38. The summed E-state index contributed by atoms with van der Waals surface area (Å²) in [5.74, 6) is -4.37. The van der Waals surface area contributed by atoms with Gasteiger partial charge in [-0.1, -0.05) is 25.7 Å². The zero-order valence-corrected chi connectivity index (χ0v) is 11.7. The Bertz CT molecular complexity index is 500. The minimum atomic E-state index is -1.54. The molecule has 1 fully saturated rings. The van der Waals surface area contributed by atoms with Gasteiger partial charge in [0.2, 0.25) is 5.91 Å². The Morgan fingerprint density at radius 3 is 2.38 bits per heavy atom. The van der Waals surface area contributed by atoms with Crippen molar-refractivity contribution in [2.45, 2.75) is 44.6 Å². The molecule has 1 aliphatic rings. The first-order valence-corrected chi connectivity index (χ1v) is 7.24. The summed E-state index contributed by atoms with van der Waals surface area (Å²) in [6.45, 7) is -0.168. The predicted molar refractivity (Wildman–Crippen MR) is 74.4 cm³/mol. The number of rotatable bonds is 4. The van der Waals surface area contributed by atoms with Crippen LogP contribution in [0.15, 0.2) is 12.1 Å². The molecule has 0 heterocycles. The molecule has 0 spiro atoms. The molecule has 0 aliphatic heterocycles. The van der Waals surface area contributed by atoms with Crippen LogP contribution >= 0.6 is 0 Å². The van der Waals surface area contributed by atoms with Gasteiger partial charge in [0.05, 0.1) is 12.2 Å². The Morgan fingerprint density at radius 2 is 1.71 bits per heavy atom. The molecule has 116 valence electrons. The highest BCUT2D eigenvalue weighted by Crippen LogP contribution is 2.19. The predicted octanol–water partition coefficient (Wildman–Crippen LogP) is 3.35. The van der Waals surface area contributed by atoms with E-state index in [9.17, 15) is 18.0 Å². The minimum Gasteiger partial charge on any atom is -0.374 e. The molecule has 1 aromatic carbocycles. The van der Waals surface area contributed by atoms with Gasteiger partial charge >= 0.3 is 0 Å². The van der Waals surface area contributed by atoms with Crippen LogP contribution in [0.3, 0.4) is 0 Å². The van der Waals surface area contributed by atoms with Crippen LogP contribution in [0, 0.1) is 17.5 Å². The van der Waals surface area contributed by atoms with Gasteiger partial charge in [-0.05, 0) is 25.0 Å². The van der Waals surface area contributed by atoms with Crippen molar-refractivity contribution < 1.29 is 18.0 Å². The van der Waals surface area contributed by atoms with Crippen LogP contribution in [0.1, 0.15) is 38.5 Å². The van der Waals surface area contributed by atoms with Crippen molar-refractivity contribution in [3.8, 4) is 0 Å². The second kappa shape index (κ2) is 7.33. The minimum absolute atomic E-state index is 0.150. The molecular weight excluding hydrogens is 281 g/mol. The van der Waals surface area contributed by atoms with Crippen LogP contribution in [-0.4, -0.2) is 18.5 Å². The highest BCUT2D eigenvalue weighted by molar-refractivity contribution is 5.81. The average molecular weight is 300 g/mol. The maximum Gasteiger partial charge on any atom is 0.239 e. The third kappa shape index (κ3) is 4.37. The molecule has 1 amide bonds. The quantitative estimate of drug-likeness (QED) is 0.661. The molecule has 2 N–H and O–H groups in total. The summed E-state index contributed by atoms with van der Waals surface area (Å²) in [6, 6.07) is 2.05. The first-order chi connectivity index (χ1) is 10.1. The van der Waals surface area contributed by atoms with Crippen LogP contribution in [0.25, 0.3) is 0 Å². The number of halogens is 3. The molecule has 3 nitrogen and oxygen atoms in total. The van der Waals surface area contributed by atoms with Gasteiger partial charge in [0.1, 0.15) is 0 Å². The summed E-state index contributed by atoms with van der Waals surface area (Å²) in [6.07, 6.45) is 6.46. The van der Waals surface area contributed by atoms with Crippen LogP contribution < -0.4 is 10.6 Å². The summed E-state index contributed by atoms with van der Waals surface area (Å²) < 4.78 is 39.2. The Kier molecular flexibility index (Phi) is 5.47. The topological polar surface area (TPSA) is 41.1 Å². The molecule has 0 atom stereocenters. The van der Waals surface area contributed by atoms with Crippen LogP contribution in [0.4, 0.5) is 18.9 Å². The van der Waals surface area contributed by atoms with Gasteiger partial charge in [0, 0.05) is 6.04 Å². The Morgan fingerprint density at radius 1 is 1.05 bits per heavy atom. The summed E-state index contributed by atoms with van der Waals surface area (Å²) in [5, 5.41) is 5.38. The van der Waals surface area contributed by atoms with Crippen molar-refractivity contribution >= 4 is 11.6 Å². The van der Waals surface area contributed by atoms with Crippen LogP contribution in [0.5, 0.6) is 0 Å². The fourth-order valence-electron chi connectivity index (χ4n) is 2.54. The number of carbonyl (C=O) groups is 1. The van der Waals surface area contributed by atoms with E-state index in [1.54, 1.807) is 0 Å². The largest absolute Gasteiger partial charge is 0.374 e. The smallest absolute Gasteiger partial charge is 0.239 e. The fourth-order valence-corrected chi connectivity index (χ4v) is 2.54. The highest BCUT2D eigenvalue weighted by atomic mass is 19.2. The lowest BCUT2D eigenvalue weighted by Gasteiger charge is -2.16. The lowest BCUT2D eigenvalue weighted by molar-refractivity contribution is -0.120. The molecule has 0 aromatic heterocycles. The van der Waals surface area contributed by atoms with Gasteiger partial charge in [0.15, 0.2) is 17.5 Å². The van der Waals surface area contributed by atoms with Crippen molar-refractivity contribution in [2.75, 3.05) is 11.9 Å². The molecule has 0 saturated heterocycles. The van der Waals surface area contributed by atoms with Gasteiger partial charge in [-0.3, -0.25) is 4.79 Å². The number of nitrogens with one attached hydrogen (secondary N) is 2. The number of amides is 1. The molecular formula is C15H19F3N2O. The molecule has 1 saturated carbocycles. The second-order valence-corrected chi connectivity index (χ2v) is 5.33. The molecule has 1 aromatic rings. The van der Waals surface area contributed by atoms with E-state index in [1.807, 2.05) is 0 Å². The van der Waals surface area contributed by atoms with E-state index < -0.39 is 17.5 Å². The monoisotopic (exact) mass is 300 g/mol. The number of hydrogen-bond donors (Lipinski definition) is 2. The maximum atomic E-state index is 13.4. The zero-order valence-electron chi connectivity index (χ0n) is 11.7. The molecule has 2 rings (SSSR count). The summed E-state index contributed by atoms with van der Waals surface area (Å²) >= 11 is 0. The van der Waals surface area contributed by atoms with Crippen molar-refractivity contribution in [2.24, 2.45) is 0 Å². The normalized spacial score (nSPS) is 16.3. The SMILES string of the molecule is O=C(CNc1ccc(F)c(F)c1F)NC1CCCCCC1. The van der Waals surface area contributed by atoms with Gasteiger partial charge in [-0.15, -0.1) is 0 Å². The Hall–Kier alpha value is -1.72. The highest BCUT2D eigenvalue weighted by Gasteiger charge is 2.16. The van der Waals surface area contributed by atoms with Gasteiger partial charge in [0.25, 0.3) is 0 Å². The summed E-state index contributed by atoms with van der Waals surface area (Å²) in [4.78, 5) is 11.8. The molecule has 6 heteroatoms. The zero-order chi connectivity index (χ0) is 15.2. The molecule has 0 unspecified atom stereocenters. The van der Waals surface area contributed by atoms with Gasteiger partial charge in [-0.2, -0.15) is 0 Å². The summed E-state index contributed by atoms with van der Waals surface area (Å²) in [5.41, 5.74) is -0.218. The van der Waals surface area contributed by atoms with Gasteiger partial charge in [-0.25, -0.2) is 13.2 Å². The number of hydrogen-bond acceptors (Lipinski definition) is 2. The van der Waals surface area contributed by atoms with E-state index in [0.29, 0.717) is 0 Å². The molecule has 0 radical (unpaired) electrons. The Labute approximate surface area is 121 Å². The lowest BCUT2D eigenvalue weighted by atomic mass is 10.1. The first kappa shape index (κ1) is 15.7. The number of benzene rings is 1. The molecule has 21 heavy (non-hydrogen) atoms. The van der Waals surface area contributed by atoms with E-state index >= 15 is 0 Å². The maximum absolute atomic E-state index is 13.4. The Balaban J connectivity index is 1.85. The van der Waals surface area contributed by atoms with Gasteiger partial charge < -0.3 is 10.6 Å². The van der Waals surface area contributed by atoms with Crippen LogP contribution in [0.2, 0.25) is 0 Å². The number of carbonyl (C=O) groups excluding carboxylic acids is 1. The van der Waals surface area contributed by atoms with Crippen molar-refractivity contribution in [3.05, 3.63) is 29.6 Å². The van der Waals surface area contributed by atoms with E-state index in [-0.39, 0.29) is 24.2 Å². The average Bonchev–Trinajstić information content (AvgIpc) is 2.73. The molecule has 0 bridgehead atoms. The summed E-state index contributed by atoms with van der Waals surface area (Å²) in [7, 11) is 0. The van der Waals surface area contributed by atoms with Crippen molar-refractivity contribution in [1.29, 1.82) is 0 Å². The fraction of sp³-hybridized carbons (Fsp3) is 0.533. The van der Waals surface area contributed by atoms with E-state index in [2.05, 4.69) is 10.6 Å². The van der Waals surface area contributed by atoms with E-state index in [0.717, 1.165) is 37.8 Å².